The molecule has 1 fully saturated rings. The Kier molecular flexibility index (Phi) is 8.08. The van der Waals surface area contributed by atoms with Crippen LogP contribution in [0, 0.1) is 0 Å². The zero-order chi connectivity index (χ0) is 17.2. The molecule has 0 aromatic heterocycles. The minimum atomic E-state index is 0.568. The van der Waals surface area contributed by atoms with Gasteiger partial charge in [0.25, 0.3) is 0 Å². The fourth-order valence-electron chi connectivity index (χ4n) is 2.95. The summed E-state index contributed by atoms with van der Waals surface area (Å²) in [5, 5.41) is 0. The molecule has 1 aromatic rings. The number of quaternary nitrogens is 2. The molecule has 2 N–H and O–H groups in total. The van der Waals surface area contributed by atoms with Gasteiger partial charge in [0, 0.05) is 5.56 Å². The zero-order valence-electron chi connectivity index (χ0n) is 15.1. The van der Waals surface area contributed by atoms with Gasteiger partial charge in [-0.3, -0.25) is 0 Å². The topological polar surface area (TPSA) is 36.6 Å². The fraction of sp³-hybridized carbons (Fsp3) is 0.579. The molecular formula is C19H32N2O3+2. The van der Waals surface area contributed by atoms with Gasteiger partial charge in [-0.25, -0.2) is 0 Å². The third-order valence-electron chi connectivity index (χ3n) is 4.53. The minimum absolute atomic E-state index is 0.568. The molecule has 0 spiro atoms. The lowest BCUT2D eigenvalue weighted by Crippen LogP contribution is -3.27. The first kappa shape index (κ1) is 18.8. The van der Waals surface area contributed by atoms with Crippen LogP contribution in [0.3, 0.4) is 0 Å². The number of piperazine rings is 1. The van der Waals surface area contributed by atoms with Crippen molar-refractivity contribution in [3.63, 3.8) is 0 Å². The number of nitrogens with one attached hydrogen (secondary N) is 2. The number of hydrogen-bond acceptors (Lipinski definition) is 3. The molecule has 24 heavy (non-hydrogen) atoms. The molecule has 0 radical (unpaired) electrons. The molecule has 0 aliphatic carbocycles. The van der Waals surface area contributed by atoms with Crippen molar-refractivity contribution in [2.75, 3.05) is 66.7 Å². The van der Waals surface area contributed by atoms with Crippen molar-refractivity contribution in [3.05, 3.63) is 36.4 Å². The monoisotopic (exact) mass is 336 g/mol. The molecule has 1 aliphatic heterocycles. The highest BCUT2D eigenvalue weighted by molar-refractivity contribution is 5.41. The Morgan fingerprint density at radius 2 is 1.92 bits per heavy atom. The summed E-state index contributed by atoms with van der Waals surface area (Å²) in [6, 6.07) is 5.87. The Balaban J connectivity index is 1.64. The number of benzene rings is 1. The van der Waals surface area contributed by atoms with Crippen molar-refractivity contribution in [3.8, 4) is 11.5 Å². The van der Waals surface area contributed by atoms with Gasteiger partial charge in [0.1, 0.15) is 50.8 Å². The summed E-state index contributed by atoms with van der Waals surface area (Å²) < 4.78 is 16.8. The maximum Gasteiger partial charge on any atom is 0.127 e. The molecule has 0 atom stereocenters. The molecule has 1 saturated heterocycles. The standard InChI is InChI=1S/C19H30N2O3/c1-4-5-17-16-18(22-3)6-7-19(17)24-15-14-23-13-12-21-10-8-20(2)9-11-21/h4,6-7,16H,1,5,8-15H2,2-3H3/p+2. The van der Waals surface area contributed by atoms with Crippen LogP contribution >= 0.6 is 0 Å². The lowest BCUT2D eigenvalue weighted by molar-refractivity contribution is -1.00. The minimum Gasteiger partial charge on any atom is -0.497 e. The Morgan fingerprint density at radius 3 is 2.62 bits per heavy atom. The van der Waals surface area contributed by atoms with Crippen LogP contribution in [0.15, 0.2) is 30.9 Å². The highest BCUT2D eigenvalue weighted by Crippen LogP contribution is 2.24. The van der Waals surface area contributed by atoms with Gasteiger partial charge in [-0.2, -0.15) is 0 Å². The van der Waals surface area contributed by atoms with Crippen molar-refractivity contribution < 1.29 is 24.0 Å². The summed E-state index contributed by atoms with van der Waals surface area (Å²) in [7, 11) is 3.94. The number of rotatable bonds is 10. The smallest absolute Gasteiger partial charge is 0.127 e. The van der Waals surface area contributed by atoms with Crippen LogP contribution in [0.2, 0.25) is 0 Å². The third kappa shape index (κ3) is 6.15. The van der Waals surface area contributed by atoms with E-state index in [2.05, 4.69) is 13.6 Å². The van der Waals surface area contributed by atoms with E-state index in [0.717, 1.165) is 36.6 Å². The first-order valence-corrected chi connectivity index (χ1v) is 8.86. The Morgan fingerprint density at radius 1 is 1.12 bits per heavy atom. The van der Waals surface area contributed by atoms with Gasteiger partial charge in [-0.1, -0.05) is 6.08 Å². The molecule has 134 valence electrons. The number of methoxy groups -OCH3 is 1. The summed E-state index contributed by atoms with van der Waals surface area (Å²) in [5.41, 5.74) is 1.09. The second-order valence-electron chi connectivity index (χ2n) is 6.38. The van der Waals surface area contributed by atoms with Crippen molar-refractivity contribution in [2.45, 2.75) is 6.42 Å². The van der Waals surface area contributed by atoms with Crippen LogP contribution in [0.25, 0.3) is 0 Å². The molecule has 1 heterocycles. The number of hydrogen-bond donors (Lipinski definition) is 2. The lowest BCUT2D eigenvalue weighted by atomic mass is 10.1. The summed E-state index contributed by atoms with van der Waals surface area (Å²) in [6.07, 6.45) is 2.64. The first-order chi connectivity index (χ1) is 11.7. The van der Waals surface area contributed by atoms with Crippen molar-refractivity contribution in [2.24, 2.45) is 0 Å². The van der Waals surface area contributed by atoms with Crippen LogP contribution in [-0.4, -0.2) is 66.7 Å². The summed E-state index contributed by atoms with van der Waals surface area (Å²) in [6.45, 7) is 11.9. The quantitative estimate of drug-likeness (QED) is 0.435. The van der Waals surface area contributed by atoms with Gasteiger partial charge in [0.2, 0.25) is 0 Å². The normalized spacial score (nSPS) is 20.6. The van der Waals surface area contributed by atoms with Crippen LogP contribution in [0.1, 0.15) is 5.56 Å². The van der Waals surface area contributed by atoms with Crippen molar-refractivity contribution in [1.82, 2.24) is 0 Å². The average molecular weight is 336 g/mol. The molecule has 0 amide bonds. The van der Waals surface area contributed by atoms with E-state index in [1.54, 1.807) is 16.9 Å². The fourth-order valence-corrected chi connectivity index (χ4v) is 2.95. The number of likely N-dealkylation sites (N-methyl/N-ethyl adjacent to an activating group) is 1. The van der Waals surface area contributed by atoms with Gasteiger partial charge in [-0.15, -0.1) is 6.58 Å². The van der Waals surface area contributed by atoms with Gasteiger partial charge in [-0.05, 0) is 24.6 Å². The van der Waals surface area contributed by atoms with E-state index in [4.69, 9.17) is 14.2 Å². The molecule has 1 aliphatic rings. The third-order valence-corrected chi connectivity index (χ3v) is 4.53. The van der Waals surface area contributed by atoms with Crippen LogP contribution < -0.4 is 19.3 Å². The lowest BCUT2D eigenvalue weighted by Gasteiger charge is -2.27. The molecule has 1 aromatic carbocycles. The van der Waals surface area contributed by atoms with Gasteiger partial charge in [0.05, 0.1) is 27.4 Å². The van der Waals surface area contributed by atoms with E-state index >= 15 is 0 Å². The van der Waals surface area contributed by atoms with Gasteiger partial charge >= 0.3 is 0 Å². The molecule has 0 bridgehead atoms. The van der Waals surface area contributed by atoms with Gasteiger partial charge < -0.3 is 24.0 Å². The number of allylic oxidation sites excluding steroid dienone is 1. The van der Waals surface area contributed by atoms with Crippen LogP contribution in [-0.2, 0) is 11.2 Å². The maximum absolute atomic E-state index is 5.86. The van der Waals surface area contributed by atoms with Crippen molar-refractivity contribution in [1.29, 1.82) is 0 Å². The van der Waals surface area contributed by atoms with E-state index in [1.807, 2.05) is 24.3 Å². The van der Waals surface area contributed by atoms with E-state index in [9.17, 15) is 0 Å². The molecular weight excluding hydrogens is 304 g/mol. The summed E-state index contributed by atoms with van der Waals surface area (Å²) in [4.78, 5) is 3.30. The van der Waals surface area contributed by atoms with Crippen LogP contribution in [0.4, 0.5) is 0 Å². The molecule has 5 heteroatoms. The molecule has 0 unspecified atom stereocenters. The Hall–Kier alpha value is -1.56. The predicted molar refractivity (Wildman–Crippen MR) is 95.4 cm³/mol. The zero-order valence-corrected chi connectivity index (χ0v) is 15.1. The number of ether oxygens (including phenoxy) is 3. The molecule has 5 nitrogen and oxygen atoms in total. The van der Waals surface area contributed by atoms with E-state index in [-0.39, 0.29) is 0 Å². The summed E-state index contributed by atoms with van der Waals surface area (Å²) in [5.74, 6) is 1.72. The largest absolute Gasteiger partial charge is 0.497 e. The Bertz CT molecular complexity index is 499. The van der Waals surface area contributed by atoms with Crippen molar-refractivity contribution >= 4 is 0 Å². The van der Waals surface area contributed by atoms with Crippen LogP contribution in [0.5, 0.6) is 11.5 Å². The van der Waals surface area contributed by atoms with E-state index in [1.165, 1.54) is 26.2 Å². The van der Waals surface area contributed by atoms with Gasteiger partial charge in [0.15, 0.2) is 0 Å². The summed E-state index contributed by atoms with van der Waals surface area (Å²) >= 11 is 0. The second kappa shape index (κ2) is 10.3. The first-order valence-electron chi connectivity index (χ1n) is 8.86. The highest BCUT2D eigenvalue weighted by Gasteiger charge is 2.19. The highest BCUT2D eigenvalue weighted by atomic mass is 16.5. The Labute approximate surface area is 145 Å². The second-order valence-corrected chi connectivity index (χ2v) is 6.38. The molecule has 0 saturated carbocycles. The molecule has 2 rings (SSSR count). The average Bonchev–Trinajstić information content (AvgIpc) is 2.60. The maximum atomic E-state index is 5.86. The van der Waals surface area contributed by atoms with E-state index < -0.39 is 0 Å². The SMILES string of the molecule is C=CCc1cc(OC)ccc1OCCOCC[NH+]1CC[NH+](C)CC1. The van der Waals surface area contributed by atoms with E-state index in [0.29, 0.717) is 13.2 Å². The predicted octanol–water partition coefficient (Wildman–Crippen LogP) is -0.768.